The second-order valence-electron chi connectivity index (χ2n) is 5.85. The highest BCUT2D eigenvalue weighted by molar-refractivity contribution is 5.85. The maximum Gasteiger partial charge on any atom is 0.242 e. The Kier molecular flexibility index (Phi) is 4.76. The highest BCUT2D eigenvalue weighted by atomic mass is 16.2. The molecule has 21 heavy (non-hydrogen) atoms. The van der Waals surface area contributed by atoms with Crippen LogP contribution in [0.1, 0.15) is 25.0 Å². The van der Waals surface area contributed by atoms with E-state index in [1.807, 2.05) is 65.6 Å². The molecule has 0 radical (unpaired) electrons. The average Bonchev–Trinajstić information content (AvgIpc) is 2.47. The van der Waals surface area contributed by atoms with Crippen molar-refractivity contribution in [3.63, 3.8) is 0 Å². The Hall–Kier alpha value is -2.13. The van der Waals surface area contributed by atoms with Crippen molar-refractivity contribution in [1.82, 2.24) is 4.90 Å². The molecule has 0 aliphatic carbocycles. The molecule has 0 aliphatic rings. The zero-order valence-corrected chi connectivity index (χ0v) is 12.6. The van der Waals surface area contributed by atoms with E-state index in [0.29, 0.717) is 13.1 Å². The molecule has 0 saturated carbocycles. The largest absolute Gasteiger partial charge is 0.332 e. The van der Waals surface area contributed by atoms with Crippen molar-refractivity contribution in [2.45, 2.75) is 32.5 Å². The third kappa shape index (κ3) is 4.43. The number of rotatable bonds is 5. The molecule has 0 bridgehead atoms. The topological polar surface area (TPSA) is 46.3 Å². The molecule has 0 aliphatic heterocycles. The van der Waals surface area contributed by atoms with Crippen LogP contribution in [0.25, 0.3) is 0 Å². The SMILES string of the molecule is CC(C)(N)C(=O)N(Cc1ccccc1)Cc1ccccc1. The molecule has 2 rings (SSSR count). The molecule has 2 aromatic carbocycles. The Balaban J connectivity index is 2.20. The minimum absolute atomic E-state index is 0.0461. The fourth-order valence-electron chi connectivity index (χ4n) is 2.21. The van der Waals surface area contributed by atoms with Gasteiger partial charge in [0.1, 0.15) is 0 Å². The molecule has 0 saturated heterocycles. The third-order valence-corrected chi connectivity index (χ3v) is 3.27. The van der Waals surface area contributed by atoms with Gasteiger partial charge in [-0.25, -0.2) is 0 Å². The van der Waals surface area contributed by atoms with Crippen molar-refractivity contribution < 1.29 is 4.79 Å². The highest BCUT2D eigenvalue weighted by Crippen LogP contribution is 2.14. The van der Waals surface area contributed by atoms with Gasteiger partial charge in [-0.2, -0.15) is 0 Å². The Morgan fingerprint density at radius 2 is 1.29 bits per heavy atom. The summed E-state index contributed by atoms with van der Waals surface area (Å²) in [5.74, 6) is -0.0461. The van der Waals surface area contributed by atoms with Gasteiger partial charge in [0.25, 0.3) is 0 Å². The van der Waals surface area contributed by atoms with Crippen LogP contribution < -0.4 is 5.73 Å². The maximum absolute atomic E-state index is 12.6. The van der Waals surface area contributed by atoms with Crippen LogP contribution in [0.5, 0.6) is 0 Å². The Bertz CT molecular complexity index is 532. The van der Waals surface area contributed by atoms with E-state index < -0.39 is 5.54 Å². The van der Waals surface area contributed by atoms with Crippen molar-refractivity contribution in [3.8, 4) is 0 Å². The minimum atomic E-state index is -0.871. The first-order valence-electron chi connectivity index (χ1n) is 7.13. The Labute approximate surface area is 126 Å². The molecule has 2 aromatic rings. The number of benzene rings is 2. The number of amides is 1. The molecule has 0 heterocycles. The lowest BCUT2D eigenvalue weighted by Crippen LogP contribution is -2.50. The monoisotopic (exact) mass is 282 g/mol. The zero-order chi connectivity index (χ0) is 15.3. The van der Waals surface area contributed by atoms with Crippen LogP contribution in [0.2, 0.25) is 0 Å². The molecule has 110 valence electrons. The summed E-state index contributed by atoms with van der Waals surface area (Å²) in [5, 5.41) is 0. The van der Waals surface area contributed by atoms with Crippen LogP contribution in [0.3, 0.4) is 0 Å². The maximum atomic E-state index is 12.6. The van der Waals surface area contributed by atoms with Gasteiger partial charge in [-0.15, -0.1) is 0 Å². The fraction of sp³-hybridized carbons (Fsp3) is 0.278. The first-order chi connectivity index (χ1) is 9.97. The molecule has 0 spiro atoms. The van der Waals surface area contributed by atoms with Crippen molar-refractivity contribution in [1.29, 1.82) is 0 Å². The number of hydrogen-bond donors (Lipinski definition) is 1. The lowest BCUT2D eigenvalue weighted by molar-refractivity contribution is -0.137. The van der Waals surface area contributed by atoms with Gasteiger partial charge in [-0.3, -0.25) is 4.79 Å². The van der Waals surface area contributed by atoms with Crippen LogP contribution in [0, 0.1) is 0 Å². The number of nitrogens with zero attached hydrogens (tertiary/aromatic N) is 1. The van der Waals surface area contributed by atoms with E-state index >= 15 is 0 Å². The van der Waals surface area contributed by atoms with E-state index in [-0.39, 0.29) is 5.91 Å². The number of hydrogen-bond acceptors (Lipinski definition) is 2. The minimum Gasteiger partial charge on any atom is -0.332 e. The van der Waals surface area contributed by atoms with Gasteiger partial charge < -0.3 is 10.6 Å². The van der Waals surface area contributed by atoms with Gasteiger partial charge >= 0.3 is 0 Å². The molecule has 3 heteroatoms. The standard InChI is InChI=1S/C18H22N2O/c1-18(2,19)17(21)20(13-15-9-5-3-6-10-15)14-16-11-7-4-8-12-16/h3-12H,13-14,19H2,1-2H3. The summed E-state index contributed by atoms with van der Waals surface area (Å²) >= 11 is 0. The highest BCUT2D eigenvalue weighted by Gasteiger charge is 2.27. The zero-order valence-electron chi connectivity index (χ0n) is 12.6. The van der Waals surface area contributed by atoms with E-state index in [4.69, 9.17) is 5.73 Å². The fourth-order valence-corrected chi connectivity index (χ4v) is 2.21. The van der Waals surface area contributed by atoms with Gasteiger partial charge in [0, 0.05) is 13.1 Å². The van der Waals surface area contributed by atoms with E-state index in [0.717, 1.165) is 11.1 Å². The second kappa shape index (κ2) is 6.55. The van der Waals surface area contributed by atoms with Crippen LogP contribution in [-0.4, -0.2) is 16.3 Å². The lowest BCUT2D eigenvalue weighted by atomic mass is 10.0. The van der Waals surface area contributed by atoms with Crippen molar-refractivity contribution in [3.05, 3.63) is 71.8 Å². The van der Waals surface area contributed by atoms with Gasteiger partial charge in [0.15, 0.2) is 0 Å². The van der Waals surface area contributed by atoms with Crippen molar-refractivity contribution in [2.24, 2.45) is 5.73 Å². The van der Waals surface area contributed by atoms with Crippen molar-refractivity contribution >= 4 is 5.91 Å². The van der Waals surface area contributed by atoms with Crippen LogP contribution in [-0.2, 0) is 17.9 Å². The summed E-state index contributed by atoms with van der Waals surface area (Å²) in [6, 6.07) is 20.0. The summed E-state index contributed by atoms with van der Waals surface area (Å²) < 4.78 is 0. The molecule has 1 amide bonds. The predicted octanol–water partition coefficient (Wildman–Crippen LogP) is 2.95. The lowest BCUT2D eigenvalue weighted by Gasteiger charge is -2.29. The second-order valence-corrected chi connectivity index (χ2v) is 5.85. The Morgan fingerprint density at radius 1 is 0.905 bits per heavy atom. The summed E-state index contributed by atoms with van der Waals surface area (Å²) in [6.07, 6.45) is 0. The summed E-state index contributed by atoms with van der Waals surface area (Å²) in [5.41, 5.74) is 7.33. The first kappa shape index (κ1) is 15.3. The van der Waals surface area contributed by atoms with Gasteiger partial charge in [-0.05, 0) is 25.0 Å². The van der Waals surface area contributed by atoms with Gasteiger partial charge in [0.2, 0.25) is 5.91 Å². The van der Waals surface area contributed by atoms with E-state index in [1.165, 1.54) is 0 Å². The van der Waals surface area contributed by atoms with E-state index in [2.05, 4.69) is 0 Å². The quantitative estimate of drug-likeness (QED) is 0.916. The van der Waals surface area contributed by atoms with Crippen LogP contribution in [0.15, 0.2) is 60.7 Å². The first-order valence-corrected chi connectivity index (χ1v) is 7.13. The molecular formula is C18H22N2O. The smallest absolute Gasteiger partial charge is 0.242 e. The predicted molar refractivity (Wildman–Crippen MR) is 85.4 cm³/mol. The normalized spacial score (nSPS) is 11.2. The average molecular weight is 282 g/mol. The number of carbonyl (C=O) groups is 1. The van der Waals surface area contributed by atoms with Gasteiger partial charge in [0.05, 0.1) is 5.54 Å². The summed E-state index contributed by atoms with van der Waals surface area (Å²) in [6.45, 7) is 4.63. The van der Waals surface area contributed by atoms with Crippen LogP contribution >= 0.6 is 0 Å². The van der Waals surface area contributed by atoms with Crippen LogP contribution in [0.4, 0.5) is 0 Å². The third-order valence-electron chi connectivity index (χ3n) is 3.27. The van der Waals surface area contributed by atoms with E-state index in [9.17, 15) is 4.79 Å². The number of nitrogens with two attached hydrogens (primary N) is 1. The molecule has 0 atom stereocenters. The summed E-state index contributed by atoms with van der Waals surface area (Å²) in [7, 11) is 0. The molecule has 0 unspecified atom stereocenters. The van der Waals surface area contributed by atoms with Gasteiger partial charge in [-0.1, -0.05) is 60.7 Å². The molecular weight excluding hydrogens is 260 g/mol. The Morgan fingerprint density at radius 3 is 1.62 bits per heavy atom. The van der Waals surface area contributed by atoms with Crippen molar-refractivity contribution in [2.75, 3.05) is 0 Å². The molecule has 0 aromatic heterocycles. The summed E-state index contributed by atoms with van der Waals surface area (Å²) in [4.78, 5) is 14.4. The van der Waals surface area contributed by atoms with E-state index in [1.54, 1.807) is 13.8 Å². The molecule has 3 nitrogen and oxygen atoms in total. The number of carbonyl (C=O) groups excluding carboxylic acids is 1. The molecule has 0 fully saturated rings. The molecule has 2 N–H and O–H groups in total.